The Hall–Kier alpha value is -2.43. The number of aromatic nitrogens is 2. The van der Waals surface area contributed by atoms with Crippen molar-refractivity contribution in [2.45, 2.75) is 18.4 Å². The molecular formula is C18H16N4OS2. The second-order valence-corrected chi connectivity index (χ2v) is 7.24. The summed E-state index contributed by atoms with van der Waals surface area (Å²) in [6, 6.07) is 10.3. The molecule has 0 bridgehead atoms. The molecule has 0 spiro atoms. The summed E-state index contributed by atoms with van der Waals surface area (Å²) in [7, 11) is 0. The first-order valence-electron chi connectivity index (χ1n) is 7.74. The zero-order valence-electron chi connectivity index (χ0n) is 13.7. The van der Waals surface area contributed by atoms with E-state index in [0.717, 1.165) is 26.4 Å². The predicted octanol–water partition coefficient (Wildman–Crippen LogP) is 3.79. The van der Waals surface area contributed by atoms with Crippen LogP contribution in [0.4, 0.5) is 0 Å². The number of carbonyl (C=O) groups is 1. The SMILES string of the molecule is Cc1ccc(-c2csc3ncnc(SCC(=O)NCCC#N)c23)cc1. The topological polar surface area (TPSA) is 78.7 Å². The molecule has 3 rings (SSSR count). The van der Waals surface area contributed by atoms with E-state index in [1.54, 1.807) is 11.3 Å². The van der Waals surface area contributed by atoms with E-state index in [-0.39, 0.29) is 11.7 Å². The minimum Gasteiger partial charge on any atom is -0.354 e. The second kappa shape index (κ2) is 8.10. The Morgan fingerprint density at radius 3 is 2.88 bits per heavy atom. The van der Waals surface area contributed by atoms with Gasteiger partial charge < -0.3 is 5.32 Å². The van der Waals surface area contributed by atoms with Crippen LogP contribution in [-0.2, 0) is 4.79 Å². The largest absolute Gasteiger partial charge is 0.354 e. The summed E-state index contributed by atoms with van der Waals surface area (Å²) in [5.41, 5.74) is 3.42. The lowest BCUT2D eigenvalue weighted by molar-refractivity contribution is -0.118. The minimum absolute atomic E-state index is 0.0980. The van der Waals surface area contributed by atoms with E-state index in [2.05, 4.69) is 51.9 Å². The van der Waals surface area contributed by atoms with Gasteiger partial charge in [-0.3, -0.25) is 4.79 Å². The zero-order chi connectivity index (χ0) is 17.6. The Morgan fingerprint density at radius 1 is 1.32 bits per heavy atom. The Morgan fingerprint density at radius 2 is 2.12 bits per heavy atom. The number of thioether (sulfide) groups is 1. The number of carbonyl (C=O) groups excluding carboxylic acids is 1. The van der Waals surface area contributed by atoms with Crippen molar-refractivity contribution in [3.8, 4) is 17.2 Å². The first-order valence-corrected chi connectivity index (χ1v) is 9.61. The number of hydrogen-bond donors (Lipinski definition) is 1. The van der Waals surface area contributed by atoms with Crippen molar-refractivity contribution in [3.63, 3.8) is 0 Å². The van der Waals surface area contributed by atoms with E-state index in [1.807, 2.05) is 6.07 Å². The highest BCUT2D eigenvalue weighted by Crippen LogP contribution is 2.37. The molecule has 0 unspecified atom stereocenters. The third kappa shape index (κ3) is 4.16. The number of hydrogen-bond acceptors (Lipinski definition) is 6. The molecule has 0 saturated carbocycles. The van der Waals surface area contributed by atoms with Crippen molar-refractivity contribution in [1.29, 1.82) is 5.26 Å². The van der Waals surface area contributed by atoms with Gasteiger partial charge >= 0.3 is 0 Å². The van der Waals surface area contributed by atoms with Gasteiger partial charge in [0, 0.05) is 17.5 Å². The van der Waals surface area contributed by atoms with Gasteiger partial charge in [0.1, 0.15) is 16.2 Å². The van der Waals surface area contributed by atoms with Crippen molar-refractivity contribution in [3.05, 3.63) is 41.5 Å². The molecule has 1 aromatic carbocycles. The fourth-order valence-electron chi connectivity index (χ4n) is 2.35. The summed E-state index contributed by atoms with van der Waals surface area (Å²) in [5.74, 6) is 0.167. The average Bonchev–Trinajstić information content (AvgIpc) is 3.05. The smallest absolute Gasteiger partial charge is 0.230 e. The maximum atomic E-state index is 11.9. The van der Waals surface area contributed by atoms with Crippen LogP contribution in [0.1, 0.15) is 12.0 Å². The van der Waals surface area contributed by atoms with Crippen LogP contribution in [-0.4, -0.2) is 28.2 Å². The highest BCUT2D eigenvalue weighted by molar-refractivity contribution is 8.00. The normalized spacial score (nSPS) is 10.6. The van der Waals surface area contributed by atoms with Crippen LogP contribution in [0.25, 0.3) is 21.3 Å². The molecule has 5 nitrogen and oxygen atoms in total. The predicted molar refractivity (Wildman–Crippen MR) is 102 cm³/mol. The van der Waals surface area contributed by atoms with Crippen molar-refractivity contribution in [2.24, 2.45) is 0 Å². The number of fused-ring (bicyclic) bond motifs is 1. The molecule has 0 atom stereocenters. The summed E-state index contributed by atoms with van der Waals surface area (Å²) in [6.45, 7) is 2.44. The van der Waals surface area contributed by atoms with E-state index in [1.165, 1.54) is 23.7 Å². The Labute approximate surface area is 154 Å². The molecule has 0 aliphatic carbocycles. The Kier molecular flexibility index (Phi) is 5.64. The summed E-state index contributed by atoms with van der Waals surface area (Å²) in [4.78, 5) is 21.5. The summed E-state index contributed by atoms with van der Waals surface area (Å²) >= 11 is 2.97. The lowest BCUT2D eigenvalue weighted by Gasteiger charge is -2.06. The number of nitrogens with one attached hydrogen (secondary N) is 1. The number of amides is 1. The Balaban J connectivity index is 1.84. The molecule has 0 radical (unpaired) electrons. The number of nitriles is 1. The van der Waals surface area contributed by atoms with Gasteiger partial charge in [0.05, 0.1) is 23.6 Å². The summed E-state index contributed by atoms with van der Waals surface area (Å²) < 4.78 is 0. The van der Waals surface area contributed by atoms with Crippen LogP contribution in [0.3, 0.4) is 0 Å². The highest BCUT2D eigenvalue weighted by atomic mass is 32.2. The van der Waals surface area contributed by atoms with Crippen LogP contribution < -0.4 is 5.32 Å². The maximum Gasteiger partial charge on any atom is 0.230 e. The highest BCUT2D eigenvalue weighted by Gasteiger charge is 2.14. The number of thiophene rings is 1. The maximum absolute atomic E-state index is 11.9. The molecule has 1 amide bonds. The molecule has 7 heteroatoms. The van der Waals surface area contributed by atoms with Gasteiger partial charge in [-0.25, -0.2) is 9.97 Å². The molecular weight excluding hydrogens is 352 g/mol. The van der Waals surface area contributed by atoms with Gasteiger partial charge in [0.15, 0.2) is 0 Å². The molecule has 0 aliphatic heterocycles. The van der Waals surface area contributed by atoms with Gasteiger partial charge in [-0.2, -0.15) is 5.26 Å². The van der Waals surface area contributed by atoms with Crippen molar-refractivity contribution in [1.82, 2.24) is 15.3 Å². The quantitative estimate of drug-likeness (QED) is 0.407. The number of aryl methyl sites for hydroxylation is 1. The van der Waals surface area contributed by atoms with Crippen LogP contribution >= 0.6 is 23.1 Å². The molecule has 0 fully saturated rings. The van der Waals surface area contributed by atoms with E-state index in [9.17, 15) is 4.79 Å². The van der Waals surface area contributed by atoms with Gasteiger partial charge in [-0.15, -0.1) is 11.3 Å². The third-order valence-electron chi connectivity index (χ3n) is 3.60. The lowest BCUT2D eigenvalue weighted by Crippen LogP contribution is -2.25. The fraction of sp³-hybridized carbons (Fsp3) is 0.222. The lowest BCUT2D eigenvalue weighted by atomic mass is 10.1. The van der Waals surface area contributed by atoms with Crippen LogP contribution in [0.2, 0.25) is 0 Å². The van der Waals surface area contributed by atoms with Gasteiger partial charge in [-0.1, -0.05) is 41.6 Å². The molecule has 3 aromatic rings. The second-order valence-electron chi connectivity index (χ2n) is 5.42. The molecule has 0 aliphatic rings. The van der Waals surface area contributed by atoms with Crippen molar-refractivity contribution < 1.29 is 4.79 Å². The third-order valence-corrected chi connectivity index (χ3v) is 5.47. The zero-order valence-corrected chi connectivity index (χ0v) is 15.3. The molecule has 1 N–H and O–H groups in total. The van der Waals surface area contributed by atoms with Crippen molar-refractivity contribution in [2.75, 3.05) is 12.3 Å². The Bertz CT molecular complexity index is 928. The minimum atomic E-state index is -0.0980. The van der Waals surface area contributed by atoms with Crippen LogP contribution in [0.15, 0.2) is 41.0 Å². The van der Waals surface area contributed by atoms with Crippen LogP contribution in [0.5, 0.6) is 0 Å². The summed E-state index contributed by atoms with van der Waals surface area (Å²) in [5, 5.41) is 15.1. The molecule has 25 heavy (non-hydrogen) atoms. The first-order chi connectivity index (χ1) is 12.2. The molecule has 2 aromatic heterocycles. The summed E-state index contributed by atoms with van der Waals surface area (Å²) in [6.07, 6.45) is 1.85. The van der Waals surface area contributed by atoms with Gasteiger partial charge in [-0.05, 0) is 12.5 Å². The number of nitrogens with zero attached hydrogens (tertiary/aromatic N) is 3. The standard InChI is InChI=1S/C18H16N4OS2/c1-12-3-5-13(6-4-12)14-9-24-17-16(14)18(22-11-21-17)25-10-15(23)20-8-2-7-19/h3-6,9,11H,2,8,10H2,1H3,(H,20,23). The number of benzene rings is 1. The molecule has 2 heterocycles. The van der Waals surface area contributed by atoms with Gasteiger partial charge in [0.25, 0.3) is 0 Å². The monoisotopic (exact) mass is 368 g/mol. The van der Waals surface area contributed by atoms with E-state index < -0.39 is 0 Å². The molecule has 126 valence electrons. The van der Waals surface area contributed by atoms with E-state index >= 15 is 0 Å². The fourth-order valence-corrected chi connectivity index (χ4v) is 4.17. The molecule has 0 saturated heterocycles. The average molecular weight is 368 g/mol. The van der Waals surface area contributed by atoms with E-state index in [4.69, 9.17) is 5.26 Å². The first kappa shape index (κ1) is 17.4. The van der Waals surface area contributed by atoms with E-state index in [0.29, 0.717) is 13.0 Å². The number of rotatable bonds is 6. The van der Waals surface area contributed by atoms with Crippen LogP contribution in [0, 0.1) is 18.3 Å². The van der Waals surface area contributed by atoms with Gasteiger partial charge in [0.2, 0.25) is 5.91 Å². The van der Waals surface area contributed by atoms with Crippen molar-refractivity contribution >= 4 is 39.2 Å².